The topological polar surface area (TPSA) is 42.8 Å². The van der Waals surface area contributed by atoms with E-state index >= 15 is 0 Å². The lowest BCUT2D eigenvalue weighted by atomic mass is 10.1. The first-order valence-electron chi connectivity index (χ1n) is 9.97. The molecule has 0 unspecified atom stereocenters. The van der Waals surface area contributed by atoms with Gasteiger partial charge in [0.1, 0.15) is 12.3 Å². The summed E-state index contributed by atoms with van der Waals surface area (Å²) in [5.41, 5.74) is 2.42. The average molecular weight is 378 g/mol. The zero-order valence-corrected chi connectivity index (χ0v) is 16.7. The van der Waals surface area contributed by atoms with Gasteiger partial charge in [-0.3, -0.25) is 4.79 Å². The monoisotopic (exact) mass is 377 g/mol. The zero-order chi connectivity index (χ0) is 19.8. The maximum absolute atomic E-state index is 12.1. The van der Waals surface area contributed by atoms with E-state index in [0.717, 1.165) is 36.0 Å². The minimum absolute atomic E-state index is 0.0156. The maximum Gasteiger partial charge on any atom is 0.258 e. The van der Waals surface area contributed by atoms with Crippen LogP contribution in [-0.2, 0) is 17.9 Å². The van der Waals surface area contributed by atoms with Gasteiger partial charge >= 0.3 is 0 Å². The molecule has 146 valence electrons. The van der Waals surface area contributed by atoms with Gasteiger partial charge in [0.25, 0.3) is 5.91 Å². The Morgan fingerprint density at radius 1 is 0.893 bits per heavy atom. The highest BCUT2D eigenvalue weighted by molar-refractivity contribution is 5.84. The summed E-state index contributed by atoms with van der Waals surface area (Å²) in [5.74, 6) is 0.585. The van der Waals surface area contributed by atoms with Crippen molar-refractivity contribution in [3.05, 3.63) is 77.9 Å². The highest BCUT2D eigenvalue weighted by Gasteiger charge is 2.06. The minimum atomic E-state index is -0.121. The molecule has 0 aliphatic rings. The number of hydrogen-bond donors (Lipinski definition) is 2. The van der Waals surface area contributed by atoms with Crippen molar-refractivity contribution in [2.75, 3.05) is 19.7 Å². The number of rotatable bonds is 9. The quantitative estimate of drug-likeness (QED) is 0.602. The number of ether oxygens (including phenoxy) is 1. The molecule has 0 atom stereocenters. The summed E-state index contributed by atoms with van der Waals surface area (Å²) in [4.78, 5) is 13.7. The molecule has 0 aliphatic heterocycles. The van der Waals surface area contributed by atoms with Crippen LogP contribution in [0.15, 0.2) is 66.7 Å². The van der Waals surface area contributed by atoms with E-state index in [1.54, 1.807) is 4.90 Å². The summed E-state index contributed by atoms with van der Waals surface area (Å²) in [6, 6.07) is 22.4. The molecular weight excluding hydrogens is 348 g/mol. The molecule has 0 radical (unpaired) electrons. The van der Waals surface area contributed by atoms with Crippen molar-refractivity contribution in [1.82, 2.24) is 5.32 Å². The van der Waals surface area contributed by atoms with Gasteiger partial charge in [-0.2, -0.15) is 0 Å². The summed E-state index contributed by atoms with van der Waals surface area (Å²) in [7, 11) is 0. The molecule has 0 aliphatic carbocycles. The largest absolute Gasteiger partial charge is 0.484 e. The third-order valence-electron chi connectivity index (χ3n) is 5.06. The third-order valence-corrected chi connectivity index (χ3v) is 5.06. The summed E-state index contributed by atoms with van der Waals surface area (Å²) in [6.07, 6.45) is 0. The van der Waals surface area contributed by atoms with Crippen LogP contribution in [0.5, 0.6) is 5.75 Å². The van der Waals surface area contributed by atoms with Crippen molar-refractivity contribution in [1.29, 1.82) is 0 Å². The number of carbonyl (C=O) groups is 1. The SMILES string of the molecule is CC[NH+](CC)Cc1ccc(CNC(=O)COc2ccc3ccccc3c2)cc1. The van der Waals surface area contributed by atoms with Gasteiger partial charge in [0.05, 0.1) is 13.1 Å². The van der Waals surface area contributed by atoms with Crippen LogP contribution >= 0.6 is 0 Å². The van der Waals surface area contributed by atoms with Crippen molar-refractivity contribution < 1.29 is 14.4 Å². The Balaban J connectivity index is 1.45. The van der Waals surface area contributed by atoms with Gasteiger partial charge < -0.3 is 15.0 Å². The third kappa shape index (κ3) is 5.57. The van der Waals surface area contributed by atoms with E-state index in [-0.39, 0.29) is 12.5 Å². The van der Waals surface area contributed by atoms with Crippen molar-refractivity contribution in [3.63, 3.8) is 0 Å². The Kier molecular flexibility index (Phi) is 7.04. The number of quaternary nitrogens is 1. The lowest BCUT2D eigenvalue weighted by molar-refractivity contribution is -0.910. The first-order valence-corrected chi connectivity index (χ1v) is 9.97. The second-order valence-electron chi connectivity index (χ2n) is 7.02. The molecule has 3 aromatic carbocycles. The number of carbonyl (C=O) groups excluding carboxylic acids is 1. The first kappa shape index (κ1) is 19.9. The van der Waals surface area contributed by atoms with E-state index in [1.165, 1.54) is 5.56 Å². The van der Waals surface area contributed by atoms with Crippen LogP contribution in [0.2, 0.25) is 0 Å². The Bertz CT molecular complexity index is 902. The lowest BCUT2D eigenvalue weighted by Gasteiger charge is -2.15. The predicted octanol–water partition coefficient (Wildman–Crippen LogP) is 2.96. The minimum Gasteiger partial charge on any atom is -0.484 e. The standard InChI is InChI=1S/C24H28N2O2/c1-3-26(4-2)17-20-11-9-19(10-12-20)16-25-24(27)18-28-23-14-13-21-7-5-6-8-22(21)15-23/h5-15H,3-4,16-18H2,1-2H3,(H,25,27)/p+1. The smallest absolute Gasteiger partial charge is 0.258 e. The summed E-state index contributed by atoms with van der Waals surface area (Å²) in [6.45, 7) is 8.25. The fraction of sp³-hybridized carbons (Fsp3) is 0.292. The van der Waals surface area contributed by atoms with Crippen LogP contribution in [-0.4, -0.2) is 25.6 Å². The molecule has 0 saturated carbocycles. The Labute approximate surface area is 167 Å². The molecule has 3 rings (SSSR count). The highest BCUT2D eigenvalue weighted by atomic mass is 16.5. The summed E-state index contributed by atoms with van der Waals surface area (Å²) >= 11 is 0. The van der Waals surface area contributed by atoms with Crippen molar-refractivity contribution >= 4 is 16.7 Å². The molecule has 0 bridgehead atoms. The molecule has 2 N–H and O–H groups in total. The maximum atomic E-state index is 12.1. The lowest BCUT2D eigenvalue weighted by Crippen LogP contribution is -3.10. The van der Waals surface area contributed by atoms with Gasteiger partial charge in [-0.05, 0) is 42.3 Å². The molecular formula is C24H29N2O2+. The first-order chi connectivity index (χ1) is 13.7. The second-order valence-corrected chi connectivity index (χ2v) is 7.02. The zero-order valence-electron chi connectivity index (χ0n) is 16.7. The Morgan fingerprint density at radius 2 is 1.57 bits per heavy atom. The molecule has 0 spiro atoms. The fourth-order valence-corrected chi connectivity index (χ4v) is 3.22. The van der Waals surface area contributed by atoms with Gasteiger partial charge in [-0.15, -0.1) is 0 Å². The van der Waals surface area contributed by atoms with E-state index in [0.29, 0.717) is 12.3 Å². The van der Waals surface area contributed by atoms with Gasteiger partial charge in [-0.1, -0.05) is 54.6 Å². The van der Waals surface area contributed by atoms with Crippen LogP contribution in [0.3, 0.4) is 0 Å². The number of hydrogen-bond acceptors (Lipinski definition) is 2. The molecule has 4 heteroatoms. The van der Waals surface area contributed by atoms with Crippen LogP contribution in [0.4, 0.5) is 0 Å². The molecule has 0 saturated heterocycles. The summed E-state index contributed by atoms with van der Waals surface area (Å²) in [5, 5.41) is 5.18. The van der Waals surface area contributed by atoms with Crippen molar-refractivity contribution in [3.8, 4) is 5.75 Å². The van der Waals surface area contributed by atoms with E-state index in [1.807, 2.05) is 36.4 Å². The van der Waals surface area contributed by atoms with E-state index < -0.39 is 0 Å². The average Bonchev–Trinajstić information content (AvgIpc) is 2.75. The second kappa shape index (κ2) is 9.90. The van der Waals surface area contributed by atoms with Crippen LogP contribution in [0.1, 0.15) is 25.0 Å². The Hall–Kier alpha value is -2.85. The van der Waals surface area contributed by atoms with Crippen LogP contribution in [0, 0.1) is 0 Å². The molecule has 3 aromatic rings. The van der Waals surface area contributed by atoms with Crippen molar-refractivity contribution in [2.24, 2.45) is 0 Å². The van der Waals surface area contributed by atoms with Crippen molar-refractivity contribution in [2.45, 2.75) is 26.9 Å². The van der Waals surface area contributed by atoms with E-state index in [2.05, 4.69) is 49.5 Å². The number of amides is 1. The summed E-state index contributed by atoms with van der Waals surface area (Å²) < 4.78 is 5.64. The number of nitrogens with one attached hydrogen (secondary N) is 2. The van der Waals surface area contributed by atoms with Gasteiger partial charge in [0, 0.05) is 12.1 Å². The fourth-order valence-electron chi connectivity index (χ4n) is 3.22. The molecule has 1 amide bonds. The molecule has 0 aromatic heterocycles. The molecule has 0 heterocycles. The van der Waals surface area contributed by atoms with E-state index in [9.17, 15) is 4.79 Å². The Morgan fingerprint density at radius 3 is 2.29 bits per heavy atom. The molecule has 4 nitrogen and oxygen atoms in total. The highest BCUT2D eigenvalue weighted by Crippen LogP contribution is 2.20. The molecule has 28 heavy (non-hydrogen) atoms. The van der Waals surface area contributed by atoms with Gasteiger partial charge in [0.15, 0.2) is 6.61 Å². The number of fused-ring (bicyclic) bond motifs is 1. The van der Waals surface area contributed by atoms with Crippen LogP contribution < -0.4 is 15.0 Å². The van der Waals surface area contributed by atoms with Crippen LogP contribution in [0.25, 0.3) is 10.8 Å². The normalized spacial score (nSPS) is 11.0. The van der Waals surface area contributed by atoms with Gasteiger partial charge in [0.2, 0.25) is 0 Å². The van der Waals surface area contributed by atoms with E-state index in [4.69, 9.17) is 4.74 Å². The molecule has 0 fully saturated rings. The van der Waals surface area contributed by atoms with Gasteiger partial charge in [-0.25, -0.2) is 0 Å². The number of benzene rings is 3. The predicted molar refractivity (Wildman–Crippen MR) is 113 cm³/mol.